The number of amides is 1. The first-order chi connectivity index (χ1) is 17.4. The van der Waals surface area contributed by atoms with E-state index < -0.39 is 39.2 Å². The van der Waals surface area contributed by atoms with Crippen LogP contribution in [-0.2, 0) is 21.0 Å². The molecule has 5 nitrogen and oxygen atoms in total. The smallest absolute Gasteiger partial charge is 0.354 e. The lowest BCUT2D eigenvalue weighted by molar-refractivity contribution is -0.137. The second-order valence-electron chi connectivity index (χ2n) is 7.99. The Morgan fingerprint density at radius 1 is 1.00 bits per heavy atom. The molecule has 0 aliphatic heterocycles. The first kappa shape index (κ1) is 29.2. The van der Waals surface area contributed by atoms with Crippen LogP contribution in [0.3, 0.4) is 0 Å². The van der Waals surface area contributed by atoms with Crippen molar-refractivity contribution in [2.45, 2.75) is 29.3 Å². The molecule has 0 saturated carbocycles. The maximum atomic E-state index is 13.5. The number of aryl methyl sites for hydroxylation is 1. The van der Waals surface area contributed by atoms with Gasteiger partial charge in [0.05, 0.1) is 21.2 Å². The zero-order valence-electron chi connectivity index (χ0n) is 19.6. The van der Waals surface area contributed by atoms with Gasteiger partial charge in [-0.05, 0) is 73.7 Å². The maximum absolute atomic E-state index is 13.5. The molecular weight excluding hydrogens is 568 g/mol. The number of carbonyl (C=O) groups excluding carboxylic acids is 1. The van der Waals surface area contributed by atoms with Gasteiger partial charge < -0.3 is 5.32 Å². The molecule has 3 aromatic rings. The number of thioether (sulfide) groups is 1. The van der Waals surface area contributed by atoms with Crippen molar-refractivity contribution in [2.24, 2.45) is 0 Å². The minimum atomic E-state index is -4.81. The van der Waals surface area contributed by atoms with Crippen LogP contribution in [0.1, 0.15) is 17.5 Å². The number of carbonyl (C=O) groups is 1. The lowest BCUT2D eigenvalue weighted by Gasteiger charge is -2.25. The third kappa shape index (κ3) is 8.04. The summed E-state index contributed by atoms with van der Waals surface area (Å²) in [6.45, 7) is 1.31. The van der Waals surface area contributed by atoms with Crippen molar-refractivity contribution in [1.29, 1.82) is 0 Å². The van der Waals surface area contributed by atoms with Crippen molar-refractivity contribution in [3.63, 3.8) is 0 Å². The highest BCUT2D eigenvalue weighted by Crippen LogP contribution is 2.38. The molecule has 198 valence electrons. The van der Waals surface area contributed by atoms with Gasteiger partial charge in [-0.1, -0.05) is 40.9 Å². The summed E-state index contributed by atoms with van der Waals surface area (Å²) in [7, 11) is -4.37. The van der Waals surface area contributed by atoms with Crippen molar-refractivity contribution in [2.75, 3.05) is 23.1 Å². The number of hydrogen-bond acceptors (Lipinski definition) is 4. The molecule has 0 aliphatic carbocycles. The Bertz CT molecular complexity index is 1330. The van der Waals surface area contributed by atoms with Gasteiger partial charge in [-0.15, -0.1) is 11.8 Å². The van der Waals surface area contributed by atoms with Crippen LogP contribution in [0.5, 0.6) is 0 Å². The molecule has 0 bridgehead atoms. The van der Waals surface area contributed by atoms with E-state index in [0.29, 0.717) is 27.6 Å². The van der Waals surface area contributed by atoms with Crippen LogP contribution in [0.4, 0.5) is 18.9 Å². The second kappa shape index (κ2) is 12.4. The SMILES string of the molecule is Cc1ccc(S(=O)(=O)N(CC(=O)NCCCSc2ccc(Cl)cc2)c2ccc(Cl)c(C(F)(F)F)c2)cc1. The summed E-state index contributed by atoms with van der Waals surface area (Å²) in [5.41, 5.74) is -0.730. The molecule has 0 fully saturated rings. The van der Waals surface area contributed by atoms with Crippen LogP contribution in [0, 0.1) is 6.92 Å². The number of nitrogens with one attached hydrogen (secondary N) is 1. The van der Waals surface area contributed by atoms with Crippen molar-refractivity contribution in [3.05, 3.63) is 87.9 Å². The highest BCUT2D eigenvalue weighted by Gasteiger charge is 2.35. The number of hydrogen-bond donors (Lipinski definition) is 1. The molecule has 0 spiro atoms. The van der Waals surface area contributed by atoms with Gasteiger partial charge in [0.1, 0.15) is 6.54 Å². The molecule has 12 heteroatoms. The van der Waals surface area contributed by atoms with E-state index in [9.17, 15) is 26.4 Å². The van der Waals surface area contributed by atoms with E-state index in [2.05, 4.69) is 5.32 Å². The molecule has 0 saturated heterocycles. The molecule has 0 atom stereocenters. The first-order valence-electron chi connectivity index (χ1n) is 11.0. The minimum absolute atomic E-state index is 0.159. The zero-order chi connectivity index (χ0) is 27.2. The zero-order valence-corrected chi connectivity index (χ0v) is 22.7. The van der Waals surface area contributed by atoms with Crippen molar-refractivity contribution < 1.29 is 26.4 Å². The van der Waals surface area contributed by atoms with E-state index in [1.807, 2.05) is 12.1 Å². The van der Waals surface area contributed by atoms with Crippen LogP contribution < -0.4 is 9.62 Å². The second-order valence-corrected chi connectivity index (χ2v) is 11.9. The largest absolute Gasteiger partial charge is 0.417 e. The Balaban J connectivity index is 1.76. The molecule has 3 aromatic carbocycles. The van der Waals surface area contributed by atoms with Gasteiger partial charge in [0.25, 0.3) is 10.0 Å². The quantitative estimate of drug-likeness (QED) is 0.208. The van der Waals surface area contributed by atoms with E-state index in [1.165, 1.54) is 12.1 Å². The predicted molar refractivity (Wildman–Crippen MR) is 142 cm³/mol. The lowest BCUT2D eigenvalue weighted by Crippen LogP contribution is -2.41. The van der Waals surface area contributed by atoms with Gasteiger partial charge in [-0.2, -0.15) is 13.2 Å². The Morgan fingerprint density at radius 2 is 1.65 bits per heavy atom. The summed E-state index contributed by atoms with van der Waals surface area (Å²) in [5.74, 6) is 0.0232. The van der Waals surface area contributed by atoms with Crippen LogP contribution in [-0.4, -0.2) is 33.2 Å². The molecule has 0 aromatic heterocycles. The highest BCUT2D eigenvalue weighted by atomic mass is 35.5. The van der Waals surface area contributed by atoms with E-state index in [-0.39, 0.29) is 17.1 Å². The van der Waals surface area contributed by atoms with E-state index >= 15 is 0 Å². The van der Waals surface area contributed by atoms with Crippen molar-refractivity contribution >= 4 is 56.6 Å². The predicted octanol–water partition coefficient (Wildman–Crippen LogP) is 6.81. The molecule has 37 heavy (non-hydrogen) atoms. The summed E-state index contributed by atoms with van der Waals surface area (Å²) in [4.78, 5) is 13.5. The average molecular weight is 592 g/mol. The van der Waals surface area contributed by atoms with Crippen LogP contribution in [0.15, 0.2) is 76.5 Å². The number of alkyl halides is 3. The third-order valence-electron chi connectivity index (χ3n) is 5.17. The fourth-order valence-electron chi connectivity index (χ4n) is 3.25. The minimum Gasteiger partial charge on any atom is -0.354 e. The Kier molecular flexibility index (Phi) is 9.80. The average Bonchev–Trinajstić information content (AvgIpc) is 2.83. The fraction of sp³-hybridized carbons (Fsp3) is 0.240. The molecule has 0 unspecified atom stereocenters. The van der Waals surface area contributed by atoms with Crippen LogP contribution in [0.2, 0.25) is 10.0 Å². The maximum Gasteiger partial charge on any atom is 0.417 e. The first-order valence-corrected chi connectivity index (χ1v) is 14.2. The van der Waals surface area contributed by atoms with E-state index in [4.69, 9.17) is 23.2 Å². The number of nitrogens with zero attached hydrogens (tertiary/aromatic N) is 1. The van der Waals surface area contributed by atoms with Crippen LogP contribution >= 0.6 is 35.0 Å². The van der Waals surface area contributed by atoms with Gasteiger partial charge in [0.15, 0.2) is 0 Å². The van der Waals surface area contributed by atoms with Crippen molar-refractivity contribution in [1.82, 2.24) is 5.32 Å². The van der Waals surface area contributed by atoms with E-state index in [0.717, 1.165) is 22.6 Å². The summed E-state index contributed by atoms with van der Waals surface area (Å²) in [5, 5.41) is 2.69. The number of halogens is 5. The van der Waals surface area contributed by atoms with Crippen LogP contribution in [0.25, 0.3) is 0 Å². The Labute approximate surface area is 228 Å². The number of anilines is 1. The Morgan fingerprint density at radius 3 is 2.27 bits per heavy atom. The number of rotatable bonds is 10. The summed E-state index contributed by atoms with van der Waals surface area (Å²) >= 11 is 13.1. The normalized spacial score (nSPS) is 11.8. The number of benzene rings is 3. The summed E-state index contributed by atoms with van der Waals surface area (Å²) in [6, 6.07) is 15.8. The lowest BCUT2D eigenvalue weighted by atomic mass is 10.2. The third-order valence-corrected chi connectivity index (χ3v) is 8.63. The summed E-state index contributed by atoms with van der Waals surface area (Å²) in [6.07, 6.45) is -4.22. The molecule has 1 amide bonds. The molecule has 3 rings (SSSR count). The molecule has 0 aliphatic rings. The van der Waals surface area contributed by atoms with Crippen molar-refractivity contribution in [3.8, 4) is 0 Å². The monoisotopic (exact) mass is 590 g/mol. The standard InChI is InChI=1S/C25H23Cl2F3N2O3S2/c1-17-3-10-21(11-4-17)37(34,35)32(19-7-12-23(27)22(15-19)25(28,29)30)16-24(33)31-13-2-14-36-20-8-5-18(26)6-9-20/h3-12,15H,2,13-14,16H2,1H3,(H,31,33). The molecule has 0 radical (unpaired) electrons. The number of sulfonamides is 1. The van der Waals surface area contributed by atoms with Gasteiger partial charge in [-0.25, -0.2) is 8.42 Å². The van der Waals surface area contributed by atoms with Gasteiger partial charge in [-0.3, -0.25) is 9.10 Å². The fourth-order valence-corrected chi connectivity index (χ4v) is 5.86. The Hall–Kier alpha value is -2.40. The molecule has 0 heterocycles. The van der Waals surface area contributed by atoms with Gasteiger partial charge >= 0.3 is 6.18 Å². The van der Waals surface area contributed by atoms with E-state index in [1.54, 1.807) is 43.0 Å². The highest BCUT2D eigenvalue weighted by molar-refractivity contribution is 7.99. The molecular formula is C25H23Cl2F3N2O3S2. The van der Waals surface area contributed by atoms with Gasteiger partial charge in [0, 0.05) is 16.5 Å². The topological polar surface area (TPSA) is 66.5 Å². The molecule has 1 N–H and O–H groups in total. The summed E-state index contributed by atoms with van der Waals surface area (Å²) < 4.78 is 67.8. The van der Waals surface area contributed by atoms with Gasteiger partial charge in [0.2, 0.25) is 5.91 Å².